The summed E-state index contributed by atoms with van der Waals surface area (Å²) < 4.78 is 46.1. The summed E-state index contributed by atoms with van der Waals surface area (Å²) in [4.78, 5) is 20.1. The molecule has 215 valence electrons. The third-order valence-corrected chi connectivity index (χ3v) is 6.82. The molecule has 5 nitrogen and oxygen atoms in total. The average Bonchev–Trinajstić information content (AvgIpc) is 3.60. The van der Waals surface area contributed by atoms with E-state index in [4.69, 9.17) is 11.3 Å². The Morgan fingerprint density at radius 1 is 1.12 bits per heavy atom. The molecule has 40 heavy (non-hydrogen) atoms. The molecule has 1 saturated carbocycles. The number of aryl methyl sites for hydroxylation is 1. The van der Waals surface area contributed by atoms with Crippen LogP contribution in [-0.2, 0) is 31.3 Å². The summed E-state index contributed by atoms with van der Waals surface area (Å²) in [6, 6.07) is 13.5. The first-order valence-corrected chi connectivity index (χ1v) is 13.5. The number of carbonyl (C=O) groups excluding carboxylic acids is 1. The maximum atomic E-state index is 11.5. The van der Waals surface area contributed by atoms with Gasteiger partial charge in [-0.3, -0.25) is 4.79 Å². The number of ketones is 1. The van der Waals surface area contributed by atoms with Crippen LogP contribution in [0.25, 0.3) is 33.3 Å². The average molecular weight is 723 g/mol. The molecule has 0 aliphatic heterocycles. The van der Waals surface area contributed by atoms with Crippen molar-refractivity contribution in [2.45, 2.75) is 80.5 Å². The van der Waals surface area contributed by atoms with Crippen LogP contribution in [0.3, 0.4) is 0 Å². The summed E-state index contributed by atoms with van der Waals surface area (Å²) in [5.41, 5.74) is 1.76. The Hall–Kier alpha value is -2.82. The fourth-order valence-electron chi connectivity index (χ4n) is 4.33. The summed E-state index contributed by atoms with van der Waals surface area (Å²) in [5, 5.41) is 11.1. The Bertz CT molecular complexity index is 1690. The summed E-state index contributed by atoms with van der Waals surface area (Å²) in [7, 11) is 0. The van der Waals surface area contributed by atoms with Crippen LogP contribution in [0.2, 0.25) is 0 Å². The number of aromatic nitrogens is 2. The zero-order valence-electron chi connectivity index (χ0n) is 29.0. The predicted molar refractivity (Wildman–Crippen MR) is 159 cm³/mol. The number of furan rings is 1. The van der Waals surface area contributed by atoms with E-state index < -0.39 is 18.6 Å². The number of pyridine rings is 2. The number of nitrogens with zero attached hydrogens (tertiary/aromatic N) is 2. The van der Waals surface area contributed by atoms with Gasteiger partial charge in [-0.05, 0) is 43.0 Å². The van der Waals surface area contributed by atoms with E-state index in [0.29, 0.717) is 22.4 Å². The number of hydrogen-bond donors (Lipinski definition) is 1. The van der Waals surface area contributed by atoms with Gasteiger partial charge in [0.05, 0.1) is 5.58 Å². The molecule has 3 heterocycles. The number of hydrogen-bond acceptors (Lipinski definition) is 5. The molecule has 0 spiro atoms. The van der Waals surface area contributed by atoms with Gasteiger partial charge in [0, 0.05) is 61.1 Å². The topological polar surface area (TPSA) is 76.2 Å². The Morgan fingerprint density at radius 3 is 2.50 bits per heavy atom. The van der Waals surface area contributed by atoms with E-state index in [9.17, 15) is 9.90 Å². The van der Waals surface area contributed by atoms with Crippen molar-refractivity contribution < 1.29 is 41.3 Å². The largest absolute Gasteiger partial charge is 0.512 e. The van der Waals surface area contributed by atoms with E-state index in [0.717, 1.165) is 36.5 Å². The fourth-order valence-corrected chi connectivity index (χ4v) is 4.33. The number of fused-ring (bicyclic) bond motifs is 3. The van der Waals surface area contributed by atoms with Crippen molar-refractivity contribution >= 4 is 27.9 Å². The molecule has 1 aliphatic carbocycles. The first-order valence-electron chi connectivity index (χ1n) is 16.0. The minimum atomic E-state index is -2.32. The summed E-state index contributed by atoms with van der Waals surface area (Å²) in [6.07, 6.45) is 5.46. The van der Waals surface area contributed by atoms with Crippen LogP contribution in [0.5, 0.6) is 0 Å². The van der Waals surface area contributed by atoms with E-state index in [2.05, 4.69) is 16.0 Å². The van der Waals surface area contributed by atoms with Crippen molar-refractivity contribution in [2.24, 2.45) is 16.7 Å². The van der Waals surface area contributed by atoms with Crippen LogP contribution in [0, 0.1) is 29.7 Å². The van der Waals surface area contributed by atoms with Gasteiger partial charge in [-0.15, -0.1) is 18.2 Å². The van der Waals surface area contributed by atoms with Crippen molar-refractivity contribution in [3.05, 3.63) is 71.8 Å². The minimum absolute atomic E-state index is 0. The maximum Gasteiger partial charge on any atom is 0.216 e. The zero-order valence-corrected chi connectivity index (χ0v) is 26.4. The van der Waals surface area contributed by atoms with E-state index in [-0.39, 0.29) is 54.4 Å². The van der Waals surface area contributed by atoms with Gasteiger partial charge in [0.25, 0.3) is 0 Å². The molecule has 0 atom stereocenters. The molecule has 0 amide bonds. The first kappa shape index (κ1) is 24.9. The Balaban J connectivity index is 0.000000338. The van der Waals surface area contributed by atoms with E-state index >= 15 is 0 Å². The maximum absolute atomic E-state index is 11.5. The second kappa shape index (κ2) is 12.8. The molecule has 4 aromatic rings. The van der Waals surface area contributed by atoms with Gasteiger partial charge in [0.1, 0.15) is 5.76 Å². The summed E-state index contributed by atoms with van der Waals surface area (Å²) in [5.74, 6) is 0.114. The van der Waals surface area contributed by atoms with Gasteiger partial charge < -0.3 is 14.5 Å². The Labute approximate surface area is 258 Å². The summed E-state index contributed by atoms with van der Waals surface area (Å²) >= 11 is 0. The molecule has 1 fully saturated rings. The van der Waals surface area contributed by atoms with Gasteiger partial charge in [-0.25, -0.2) is 4.98 Å². The standard InChI is InChI=1S/C23H21N2O.C11H20O2.Ir/c1-15-9-10-19-18-7-4-8-20(22(18)26-23(19)25-15)21-14-17(11-12-24-21)13-16-5-2-3-6-16;1-10(2,3)8(12)7-9(13)11(4,5)6;/h4,7,9-12,14,16H,2-3,5-6,13H2,1H3;7,12H,1-6H3;/q-1;;/b;8-7-;/i1D3,13D2;;. The normalized spacial score (nSPS) is 17.1. The molecule has 3 aromatic heterocycles. The number of benzene rings is 1. The fraction of sp³-hybridized carbons (Fsp3) is 0.441. The number of rotatable bonds is 4. The Morgan fingerprint density at radius 2 is 1.85 bits per heavy atom. The molecule has 1 radical (unpaired) electrons. The van der Waals surface area contributed by atoms with Crippen LogP contribution in [0.1, 0.15) is 85.3 Å². The minimum Gasteiger partial charge on any atom is -0.512 e. The summed E-state index contributed by atoms with van der Waals surface area (Å²) in [6.45, 7) is 8.80. The molecule has 1 aromatic carbocycles. The second-order valence-electron chi connectivity index (χ2n) is 12.2. The van der Waals surface area contributed by atoms with Crippen molar-refractivity contribution in [2.75, 3.05) is 0 Å². The number of aliphatic hydroxyl groups is 1. The van der Waals surface area contributed by atoms with Crippen LogP contribution < -0.4 is 0 Å². The number of carbonyl (C=O) groups is 1. The molecule has 0 bridgehead atoms. The molecule has 1 N–H and O–H groups in total. The SMILES string of the molecule is CC(C)(C)C(=O)/C=C(\O)C(C)(C)C.[2H]C([2H])([2H])c1ccc2c(n1)oc1c(-c3cc(C([2H])([2H])C4CCCC4)ccn3)[c-]ccc12.[Ir]. The monoisotopic (exact) mass is 723 g/mol. The van der Waals surface area contributed by atoms with Crippen molar-refractivity contribution in [1.29, 1.82) is 0 Å². The molecular weight excluding hydrogens is 677 g/mol. The number of allylic oxidation sites excluding steroid dienone is 2. The van der Waals surface area contributed by atoms with E-state index in [1.54, 1.807) is 30.5 Å². The van der Waals surface area contributed by atoms with Gasteiger partial charge in [0.15, 0.2) is 5.78 Å². The number of aliphatic hydroxyl groups excluding tert-OH is 1. The molecule has 0 unspecified atom stereocenters. The zero-order chi connectivity index (χ0) is 32.7. The smallest absolute Gasteiger partial charge is 0.216 e. The third-order valence-electron chi connectivity index (χ3n) is 6.82. The first-order chi connectivity index (χ1) is 20.3. The van der Waals surface area contributed by atoms with Crippen molar-refractivity contribution in [3.63, 3.8) is 0 Å². The van der Waals surface area contributed by atoms with E-state index in [1.165, 1.54) is 12.1 Å². The van der Waals surface area contributed by atoms with Crippen molar-refractivity contribution in [3.8, 4) is 11.3 Å². The van der Waals surface area contributed by atoms with Gasteiger partial charge in [-0.1, -0.05) is 89.8 Å². The van der Waals surface area contributed by atoms with Gasteiger partial charge >= 0.3 is 0 Å². The van der Waals surface area contributed by atoms with Crippen LogP contribution >= 0.6 is 0 Å². The third kappa shape index (κ3) is 7.67. The molecule has 6 heteroatoms. The van der Waals surface area contributed by atoms with Crippen LogP contribution in [0.15, 0.2) is 58.8 Å². The second-order valence-corrected chi connectivity index (χ2v) is 12.2. The van der Waals surface area contributed by atoms with Crippen LogP contribution in [-0.4, -0.2) is 20.9 Å². The van der Waals surface area contributed by atoms with Crippen LogP contribution in [0.4, 0.5) is 0 Å². The van der Waals surface area contributed by atoms with Gasteiger partial charge in [0.2, 0.25) is 5.71 Å². The quantitative estimate of drug-likeness (QED) is 0.129. The van der Waals surface area contributed by atoms with Crippen molar-refractivity contribution in [1.82, 2.24) is 9.97 Å². The van der Waals surface area contributed by atoms with Gasteiger partial charge in [-0.2, -0.15) is 0 Å². The van der Waals surface area contributed by atoms with E-state index in [1.807, 2.05) is 47.6 Å². The molecule has 0 saturated heterocycles. The predicted octanol–water partition coefficient (Wildman–Crippen LogP) is 8.97. The molecule has 5 rings (SSSR count). The Kier molecular flexibility index (Phi) is 7.97. The molecular formula is C34H41IrN2O3-. The molecule has 1 aliphatic rings.